The molecular formula is C47H108N4O13. The van der Waals surface area contributed by atoms with E-state index >= 15 is 0 Å². The molecule has 394 valence electrons. The summed E-state index contributed by atoms with van der Waals surface area (Å²) in [6, 6.07) is 0. The van der Waals surface area contributed by atoms with Crippen molar-refractivity contribution in [2.24, 2.45) is 0 Å². The lowest BCUT2D eigenvalue weighted by atomic mass is 10.2. The molecule has 0 rings (SSSR count). The Kier molecular flexibility index (Phi) is 102. The monoisotopic (exact) mass is 937 g/mol. The Morgan fingerprint density at radius 3 is 0.703 bits per heavy atom. The predicted octanol–water partition coefficient (Wildman–Crippen LogP) is 5.54. The number of carbonyl (C=O) groups excluding carboxylic acids is 6. The molecule has 4 amide bonds. The summed E-state index contributed by atoms with van der Waals surface area (Å²) in [4.78, 5) is 62.5. The smallest absolute Gasteiger partial charge is 0.287 e. The summed E-state index contributed by atoms with van der Waals surface area (Å²) in [6.07, 6.45) is 3.92. The molecule has 17 heteroatoms. The zero-order valence-corrected chi connectivity index (χ0v) is 43.8. The molecule has 7 atom stereocenters. The summed E-state index contributed by atoms with van der Waals surface area (Å²) in [5.74, 6) is -2.35. The number of hydrogen-bond acceptors (Lipinski definition) is 13. The molecule has 0 spiro atoms. The normalized spacial score (nSPS) is 12.0. The summed E-state index contributed by atoms with van der Waals surface area (Å²) >= 11 is 0. The molecule has 0 saturated heterocycles. The maximum atomic E-state index is 10.7. The number of nitrogens with one attached hydrogen (secondary N) is 4. The third-order valence-corrected chi connectivity index (χ3v) is 5.66. The van der Waals surface area contributed by atoms with Crippen LogP contribution in [-0.2, 0) is 28.8 Å². The van der Waals surface area contributed by atoms with E-state index in [2.05, 4.69) is 90.5 Å². The molecule has 17 nitrogen and oxygen atoms in total. The molecule has 0 aromatic carbocycles. The summed E-state index contributed by atoms with van der Waals surface area (Å²) in [5, 5.41) is 71.1. The van der Waals surface area contributed by atoms with E-state index in [9.17, 15) is 28.8 Å². The van der Waals surface area contributed by atoms with Gasteiger partial charge in [0.05, 0.1) is 24.4 Å². The van der Waals surface area contributed by atoms with Gasteiger partial charge in [0.2, 0.25) is 23.5 Å². The zero-order valence-electron chi connectivity index (χ0n) is 43.8. The van der Waals surface area contributed by atoms with E-state index < -0.39 is 66.2 Å². The van der Waals surface area contributed by atoms with E-state index in [0.29, 0.717) is 32.2 Å². The van der Waals surface area contributed by atoms with Gasteiger partial charge in [0.1, 0.15) is 18.3 Å². The molecule has 0 aliphatic carbocycles. The summed E-state index contributed by atoms with van der Waals surface area (Å²) in [6.45, 7) is 37.7. The SMILES string of the molecule is C.CC(=O)[C@H](C)O.CCC.CCC.CCC.CCC.CCC.CCC(O)CNC(=O)[C@H](C)O.CC[C@@H](O)CNC(=O)C(C)=O.CC[C@@H](O)CNC(=O)C(C)O.CC[C@H](O)CNC(C)=O. The molecule has 64 heavy (non-hydrogen) atoms. The lowest BCUT2D eigenvalue weighted by molar-refractivity contribution is -0.136. The van der Waals surface area contributed by atoms with Crippen molar-refractivity contribution in [3.05, 3.63) is 0 Å². The molecule has 0 aromatic heterocycles. The number of aliphatic hydroxyl groups is 7. The average molecular weight is 937 g/mol. The fourth-order valence-corrected chi connectivity index (χ4v) is 1.91. The number of carbonyl (C=O) groups is 6. The summed E-state index contributed by atoms with van der Waals surface area (Å²) in [5.41, 5.74) is 0. The van der Waals surface area contributed by atoms with Crippen molar-refractivity contribution in [3.63, 3.8) is 0 Å². The van der Waals surface area contributed by atoms with Gasteiger partial charge in [-0.25, -0.2) is 0 Å². The second kappa shape index (κ2) is 74.3. The number of amides is 4. The highest BCUT2D eigenvalue weighted by Crippen LogP contribution is 1.89. The van der Waals surface area contributed by atoms with Crippen molar-refractivity contribution in [3.8, 4) is 0 Å². The summed E-state index contributed by atoms with van der Waals surface area (Å²) < 4.78 is 0. The largest absolute Gasteiger partial charge is 0.391 e. The number of hydrogen-bond donors (Lipinski definition) is 11. The topological polar surface area (TPSA) is 292 Å². The van der Waals surface area contributed by atoms with Crippen molar-refractivity contribution in [1.29, 1.82) is 0 Å². The molecule has 0 bridgehead atoms. The lowest BCUT2D eigenvalue weighted by Gasteiger charge is -2.10. The van der Waals surface area contributed by atoms with Crippen molar-refractivity contribution in [2.45, 2.75) is 246 Å². The Morgan fingerprint density at radius 1 is 0.375 bits per heavy atom. The fraction of sp³-hybridized carbons (Fsp3) is 0.872. The van der Waals surface area contributed by atoms with Gasteiger partial charge in [-0.05, 0) is 53.4 Å². The van der Waals surface area contributed by atoms with Gasteiger partial charge in [-0.3, -0.25) is 28.8 Å². The minimum atomic E-state index is -1.00. The highest BCUT2D eigenvalue weighted by Gasteiger charge is 2.10. The summed E-state index contributed by atoms with van der Waals surface area (Å²) in [7, 11) is 0. The first-order chi connectivity index (χ1) is 29.1. The number of Topliss-reactive ketones (excluding diaryl/α,β-unsaturated/α-hetero) is 2. The maximum Gasteiger partial charge on any atom is 0.287 e. The van der Waals surface area contributed by atoms with Crippen LogP contribution in [0.3, 0.4) is 0 Å². The lowest BCUT2D eigenvalue weighted by Crippen LogP contribution is -2.37. The third-order valence-electron chi connectivity index (χ3n) is 5.66. The van der Waals surface area contributed by atoms with Crippen LogP contribution in [0.25, 0.3) is 0 Å². The van der Waals surface area contributed by atoms with E-state index in [0.717, 1.165) is 0 Å². The van der Waals surface area contributed by atoms with Crippen molar-refractivity contribution in [1.82, 2.24) is 21.3 Å². The highest BCUT2D eigenvalue weighted by molar-refractivity contribution is 6.35. The minimum Gasteiger partial charge on any atom is -0.391 e. The van der Waals surface area contributed by atoms with Gasteiger partial charge in [-0.1, -0.05) is 136 Å². The van der Waals surface area contributed by atoms with Crippen LogP contribution in [0.1, 0.15) is 204 Å². The van der Waals surface area contributed by atoms with E-state index in [4.69, 9.17) is 35.7 Å². The molecular weight excluding hydrogens is 829 g/mol. The van der Waals surface area contributed by atoms with Gasteiger partial charge in [0.15, 0.2) is 5.78 Å². The molecule has 0 saturated carbocycles. The Bertz CT molecular complexity index is 914. The van der Waals surface area contributed by atoms with E-state index in [1.165, 1.54) is 73.6 Å². The Morgan fingerprint density at radius 2 is 0.562 bits per heavy atom. The van der Waals surface area contributed by atoms with E-state index in [1.54, 1.807) is 6.92 Å². The molecule has 0 aromatic rings. The maximum absolute atomic E-state index is 10.7. The average Bonchev–Trinajstić information content (AvgIpc) is 3.21. The van der Waals surface area contributed by atoms with E-state index in [-0.39, 0.29) is 38.8 Å². The fourth-order valence-electron chi connectivity index (χ4n) is 1.91. The van der Waals surface area contributed by atoms with Crippen molar-refractivity contribution >= 4 is 35.2 Å². The molecule has 0 aliphatic heterocycles. The first-order valence-electron chi connectivity index (χ1n) is 23.0. The Balaban J connectivity index is -0.0000000566. The van der Waals surface area contributed by atoms with Gasteiger partial charge >= 0.3 is 0 Å². The molecule has 11 N–H and O–H groups in total. The van der Waals surface area contributed by atoms with Gasteiger partial charge in [0.25, 0.3) is 5.91 Å². The molecule has 0 heterocycles. The van der Waals surface area contributed by atoms with Crippen LogP contribution in [-0.4, -0.2) is 140 Å². The van der Waals surface area contributed by atoms with Gasteiger partial charge < -0.3 is 57.0 Å². The van der Waals surface area contributed by atoms with Crippen molar-refractivity contribution in [2.75, 3.05) is 26.2 Å². The molecule has 2 unspecified atom stereocenters. The van der Waals surface area contributed by atoms with Crippen LogP contribution in [0.5, 0.6) is 0 Å². The van der Waals surface area contributed by atoms with Crippen molar-refractivity contribution < 1.29 is 64.5 Å². The first-order valence-corrected chi connectivity index (χ1v) is 23.0. The molecule has 0 aliphatic rings. The Hall–Kier alpha value is -3.06. The third kappa shape index (κ3) is 118. The van der Waals surface area contributed by atoms with E-state index in [1.807, 2.05) is 20.8 Å². The number of rotatable bonds is 16. The molecule has 0 fully saturated rings. The minimum absolute atomic E-state index is 0. The quantitative estimate of drug-likeness (QED) is 0.0849. The van der Waals surface area contributed by atoms with Gasteiger partial charge in [0, 0.05) is 40.0 Å². The highest BCUT2D eigenvalue weighted by atomic mass is 16.3. The number of aliphatic hydroxyl groups excluding tert-OH is 7. The van der Waals surface area contributed by atoms with Gasteiger partial charge in [-0.15, -0.1) is 0 Å². The van der Waals surface area contributed by atoms with Crippen LogP contribution in [0, 0.1) is 0 Å². The van der Waals surface area contributed by atoms with Crippen LogP contribution >= 0.6 is 0 Å². The molecule has 0 radical (unpaired) electrons. The first kappa shape index (κ1) is 87.8. The van der Waals surface area contributed by atoms with Crippen LogP contribution < -0.4 is 21.3 Å². The number of ketones is 2. The predicted molar refractivity (Wildman–Crippen MR) is 266 cm³/mol. The van der Waals surface area contributed by atoms with Crippen LogP contribution in [0.15, 0.2) is 0 Å². The standard InChI is InChI=1S/2C7H15NO3.C7H13NO3.C6H13NO2.C4H8O2.5C3H8.CH4/c3*1-3-6(10)4-8-7(11)5(2)9;1-3-6(9)4-7-5(2)8;1-3(5)4(2)6;5*1-3-2;/h2*5-6,9-10H,3-4H2,1-2H3,(H,8,11);6,10H,3-4H2,1-2H3,(H,8,11);6,9H,3-4H2,1-2H3,(H,7,8);3,5H,1-2H3;5*3H2,1-2H3;1H4/t5?,6-;5-,6?;2*6-;3-;;;;;;/m10100....../s1. The Labute approximate surface area is 392 Å². The second-order valence-corrected chi connectivity index (χ2v) is 14.1. The second-order valence-electron chi connectivity index (χ2n) is 14.1. The zero-order chi connectivity index (χ0) is 52.5. The van der Waals surface area contributed by atoms with Crippen LogP contribution in [0.2, 0.25) is 0 Å². The van der Waals surface area contributed by atoms with Gasteiger partial charge in [-0.2, -0.15) is 0 Å². The van der Waals surface area contributed by atoms with Crippen LogP contribution in [0.4, 0.5) is 0 Å².